The molecule has 0 saturated heterocycles. The van der Waals surface area contributed by atoms with Crippen LogP contribution in [-0.4, -0.2) is 0 Å². The third-order valence-corrected chi connectivity index (χ3v) is 3.78. The molecule has 20 heavy (non-hydrogen) atoms. The molecule has 0 aliphatic heterocycles. The summed E-state index contributed by atoms with van der Waals surface area (Å²) < 4.78 is 13.6. The van der Waals surface area contributed by atoms with Gasteiger partial charge < -0.3 is 5.32 Å². The van der Waals surface area contributed by atoms with Crippen LogP contribution >= 0.6 is 11.6 Å². The van der Waals surface area contributed by atoms with E-state index in [-0.39, 0.29) is 17.9 Å². The topological polar surface area (TPSA) is 12.0 Å². The fourth-order valence-electron chi connectivity index (χ4n) is 2.22. The number of benzene rings is 2. The smallest absolute Gasteiger partial charge is 0.126 e. The van der Waals surface area contributed by atoms with Gasteiger partial charge in [-0.3, -0.25) is 0 Å². The Bertz CT molecular complexity index is 597. The molecule has 2 rings (SSSR count). The minimum absolute atomic E-state index is 0.0686. The van der Waals surface area contributed by atoms with Gasteiger partial charge in [0, 0.05) is 17.1 Å². The van der Waals surface area contributed by atoms with Crippen LogP contribution in [0, 0.1) is 12.7 Å². The highest BCUT2D eigenvalue weighted by Gasteiger charge is 2.12. The van der Waals surface area contributed by atoms with E-state index in [1.165, 1.54) is 0 Å². The fraction of sp³-hybridized carbons (Fsp3) is 0.294. The van der Waals surface area contributed by atoms with Crippen molar-refractivity contribution in [2.24, 2.45) is 0 Å². The van der Waals surface area contributed by atoms with Crippen molar-refractivity contribution in [2.45, 2.75) is 32.9 Å². The van der Waals surface area contributed by atoms with Crippen molar-refractivity contribution in [3.8, 4) is 0 Å². The monoisotopic (exact) mass is 291 g/mol. The average Bonchev–Trinajstić information content (AvgIpc) is 2.41. The van der Waals surface area contributed by atoms with E-state index < -0.39 is 0 Å². The third kappa shape index (κ3) is 3.59. The van der Waals surface area contributed by atoms with E-state index in [1.807, 2.05) is 43.3 Å². The summed E-state index contributed by atoms with van der Waals surface area (Å²) in [5, 5.41) is 4.19. The van der Waals surface area contributed by atoms with Gasteiger partial charge >= 0.3 is 0 Å². The van der Waals surface area contributed by atoms with E-state index in [9.17, 15) is 4.39 Å². The lowest BCUT2D eigenvalue weighted by atomic mass is 10.0. The number of nitrogens with one attached hydrogen (secondary N) is 1. The van der Waals surface area contributed by atoms with Crippen LogP contribution in [0.3, 0.4) is 0 Å². The van der Waals surface area contributed by atoms with Gasteiger partial charge in [0.1, 0.15) is 5.82 Å². The zero-order chi connectivity index (χ0) is 14.7. The fourth-order valence-corrected chi connectivity index (χ4v) is 2.42. The summed E-state index contributed by atoms with van der Waals surface area (Å²) in [4.78, 5) is 0. The number of rotatable bonds is 4. The zero-order valence-corrected chi connectivity index (χ0v) is 12.7. The standard InChI is InChI=1S/C17H19ClFN/c1-11-7-8-15(10-17(11)19)13(3)20-12(2)14-5-4-6-16(18)9-14/h4-10,12-13,20H,1-3H3/t12-,13?/m0/s1. The van der Waals surface area contributed by atoms with Crippen molar-refractivity contribution in [1.82, 2.24) is 5.32 Å². The summed E-state index contributed by atoms with van der Waals surface area (Å²) in [6, 6.07) is 13.4. The van der Waals surface area contributed by atoms with Gasteiger partial charge in [0.05, 0.1) is 0 Å². The van der Waals surface area contributed by atoms with Crippen LogP contribution in [-0.2, 0) is 0 Å². The van der Waals surface area contributed by atoms with Crippen LogP contribution in [0.25, 0.3) is 0 Å². The van der Waals surface area contributed by atoms with Crippen LogP contribution < -0.4 is 5.32 Å². The molecule has 106 valence electrons. The molecule has 0 aliphatic carbocycles. The Morgan fingerprint density at radius 3 is 2.25 bits per heavy atom. The Morgan fingerprint density at radius 2 is 1.65 bits per heavy atom. The lowest BCUT2D eigenvalue weighted by molar-refractivity contribution is 0.491. The maximum Gasteiger partial charge on any atom is 0.126 e. The van der Waals surface area contributed by atoms with Gasteiger partial charge in [-0.1, -0.05) is 35.9 Å². The largest absolute Gasteiger partial charge is 0.304 e. The van der Waals surface area contributed by atoms with Gasteiger partial charge in [-0.25, -0.2) is 4.39 Å². The van der Waals surface area contributed by atoms with Gasteiger partial charge in [0.15, 0.2) is 0 Å². The molecule has 2 atom stereocenters. The van der Waals surface area contributed by atoms with Crippen molar-refractivity contribution < 1.29 is 4.39 Å². The lowest BCUT2D eigenvalue weighted by Gasteiger charge is -2.21. The normalized spacial score (nSPS) is 14.1. The summed E-state index contributed by atoms with van der Waals surface area (Å²) >= 11 is 6.00. The van der Waals surface area contributed by atoms with E-state index in [0.29, 0.717) is 5.56 Å². The molecule has 0 saturated carbocycles. The van der Waals surface area contributed by atoms with E-state index in [4.69, 9.17) is 11.6 Å². The van der Waals surface area contributed by atoms with Gasteiger partial charge in [-0.15, -0.1) is 0 Å². The maximum atomic E-state index is 13.6. The number of aryl methyl sites for hydroxylation is 1. The van der Waals surface area contributed by atoms with Crippen molar-refractivity contribution in [3.63, 3.8) is 0 Å². The average molecular weight is 292 g/mol. The van der Waals surface area contributed by atoms with Crippen LogP contribution in [0.4, 0.5) is 4.39 Å². The van der Waals surface area contributed by atoms with Crippen molar-refractivity contribution in [1.29, 1.82) is 0 Å². The highest BCUT2D eigenvalue weighted by molar-refractivity contribution is 6.30. The second-order valence-corrected chi connectivity index (χ2v) is 5.61. The lowest BCUT2D eigenvalue weighted by Crippen LogP contribution is -2.22. The Balaban J connectivity index is 2.10. The molecule has 0 spiro atoms. The predicted octanol–water partition coefficient (Wildman–Crippen LogP) is 5.20. The first-order valence-electron chi connectivity index (χ1n) is 6.75. The van der Waals surface area contributed by atoms with E-state index in [1.54, 1.807) is 13.0 Å². The summed E-state index contributed by atoms with van der Waals surface area (Å²) in [7, 11) is 0. The molecule has 0 heterocycles. The highest BCUT2D eigenvalue weighted by Crippen LogP contribution is 2.22. The summed E-state index contributed by atoms with van der Waals surface area (Å²) in [5.74, 6) is -0.161. The molecule has 0 fully saturated rings. The summed E-state index contributed by atoms with van der Waals surface area (Å²) in [6.45, 7) is 5.88. The van der Waals surface area contributed by atoms with Crippen molar-refractivity contribution in [2.75, 3.05) is 0 Å². The molecule has 0 amide bonds. The molecule has 1 N–H and O–H groups in total. The van der Waals surface area contributed by atoms with Crippen molar-refractivity contribution >= 4 is 11.6 Å². The van der Waals surface area contributed by atoms with E-state index in [0.717, 1.165) is 16.1 Å². The van der Waals surface area contributed by atoms with Crippen LogP contribution in [0.1, 0.15) is 42.6 Å². The highest BCUT2D eigenvalue weighted by atomic mass is 35.5. The SMILES string of the molecule is Cc1ccc(C(C)N[C@@H](C)c2cccc(Cl)c2)cc1F. The van der Waals surface area contributed by atoms with Crippen LogP contribution in [0.5, 0.6) is 0 Å². The van der Waals surface area contributed by atoms with Gasteiger partial charge in [0.25, 0.3) is 0 Å². The molecule has 1 nitrogen and oxygen atoms in total. The molecular formula is C17H19ClFN. The minimum atomic E-state index is -0.161. The summed E-state index contributed by atoms with van der Waals surface area (Å²) in [5.41, 5.74) is 2.74. The molecule has 2 aromatic carbocycles. The number of hydrogen-bond donors (Lipinski definition) is 1. The Morgan fingerprint density at radius 1 is 1.00 bits per heavy atom. The summed E-state index contributed by atoms with van der Waals surface area (Å²) in [6.07, 6.45) is 0. The Hall–Kier alpha value is -1.38. The van der Waals surface area contributed by atoms with Gasteiger partial charge in [0.2, 0.25) is 0 Å². The minimum Gasteiger partial charge on any atom is -0.304 e. The molecule has 1 unspecified atom stereocenters. The molecular weight excluding hydrogens is 273 g/mol. The number of hydrogen-bond acceptors (Lipinski definition) is 1. The van der Waals surface area contributed by atoms with Crippen LogP contribution in [0.15, 0.2) is 42.5 Å². The van der Waals surface area contributed by atoms with Crippen LogP contribution in [0.2, 0.25) is 5.02 Å². The third-order valence-electron chi connectivity index (χ3n) is 3.54. The first-order valence-corrected chi connectivity index (χ1v) is 7.12. The van der Waals surface area contributed by atoms with Gasteiger partial charge in [-0.05, 0) is 55.7 Å². The molecule has 0 bridgehead atoms. The van der Waals surface area contributed by atoms with E-state index in [2.05, 4.69) is 12.2 Å². The second-order valence-electron chi connectivity index (χ2n) is 5.17. The van der Waals surface area contributed by atoms with E-state index >= 15 is 0 Å². The van der Waals surface area contributed by atoms with Gasteiger partial charge in [-0.2, -0.15) is 0 Å². The zero-order valence-electron chi connectivity index (χ0n) is 12.0. The molecule has 3 heteroatoms. The first kappa shape index (κ1) is 15.0. The first-order chi connectivity index (χ1) is 9.47. The Kier molecular flexibility index (Phi) is 4.79. The molecule has 2 aromatic rings. The molecule has 0 aromatic heterocycles. The molecule has 0 aliphatic rings. The predicted molar refractivity (Wildman–Crippen MR) is 82.6 cm³/mol. The quantitative estimate of drug-likeness (QED) is 0.816. The number of halogens is 2. The maximum absolute atomic E-state index is 13.6. The Labute approximate surface area is 124 Å². The second kappa shape index (κ2) is 6.38. The van der Waals surface area contributed by atoms with Crippen molar-refractivity contribution in [3.05, 3.63) is 70.0 Å². The molecule has 0 radical (unpaired) electrons.